The number of hydrogen-bond acceptors (Lipinski definition) is 6. The first-order chi connectivity index (χ1) is 12.7. The van der Waals surface area contributed by atoms with Crippen molar-refractivity contribution in [2.24, 2.45) is 11.7 Å². The van der Waals surface area contributed by atoms with Crippen LogP contribution in [0.5, 0.6) is 11.5 Å². The van der Waals surface area contributed by atoms with Gasteiger partial charge in [-0.25, -0.2) is 4.98 Å². The van der Waals surface area contributed by atoms with E-state index in [0.29, 0.717) is 31.4 Å². The number of thiazole rings is 1. The number of benzene rings is 1. The maximum atomic E-state index is 12.9. The van der Waals surface area contributed by atoms with Crippen molar-refractivity contribution in [3.8, 4) is 22.1 Å². The maximum Gasteiger partial charge on any atom is 0.273 e. The Morgan fingerprint density at radius 1 is 1.29 bits per heavy atom. The van der Waals surface area contributed by atoms with Gasteiger partial charge in [-0.2, -0.15) is 0 Å². The number of piperidine rings is 1. The summed E-state index contributed by atoms with van der Waals surface area (Å²) in [6, 6.07) is 5.87. The molecule has 0 spiro atoms. The number of hydrogen-bond donors (Lipinski definition) is 1. The number of aromatic nitrogens is 1. The van der Waals surface area contributed by atoms with Gasteiger partial charge in [-0.15, -0.1) is 36.2 Å². The zero-order valence-electron chi connectivity index (χ0n) is 15.6. The number of amides is 1. The van der Waals surface area contributed by atoms with E-state index in [-0.39, 0.29) is 36.8 Å². The molecular formula is C19H25Cl2N3O3S. The Morgan fingerprint density at radius 3 is 2.79 bits per heavy atom. The monoisotopic (exact) mass is 445 g/mol. The van der Waals surface area contributed by atoms with E-state index < -0.39 is 0 Å². The highest BCUT2D eigenvalue weighted by Gasteiger charge is 2.30. The lowest BCUT2D eigenvalue weighted by Crippen LogP contribution is -2.49. The Bertz CT molecular complexity index is 817. The second kappa shape index (κ2) is 9.78. The topological polar surface area (TPSA) is 77.7 Å². The van der Waals surface area contributed by atoms with E-state index in [1.54, 1.807) is 0 Å². The number of ether oxygens (including phenoxy) is 2. The number of nitrogens with two attached hydrogens (primary N) is 1. The van der Waals surface area contributed by atoms with E-state index in [1.807, 2.05) is 28.5 Å². The largest absolute Gasteiger partial charge is 0.486 e. The van der Waals surface area contributed by atoms with E-state index in [1.165, 1.54) is 11.3 Å². The van der Waals surface area contributed by atoms with Crippen LogP contribution in [0.2, 0.25) is 0 Å². The van der Waals surface area contributed by atoms with E-state index in [0.717, 1.165) is 41.5 Å². The standard InChI is InChI=1S/C19H23N3O3S.2ClH/c1-12-4-5-22(14(8-12)10-20)19(23)15-11-26-18(21-15)13-2-3-16-17(9-13)25-7-6-24-16;;/h2-3,9,11-12,14H,4-8,10,20H2,1H3;2*1H. The first-order valence-corrected chi connectivity index (χ1v) is 9.90. The highest BCUT2D eigenvalue weighted by Crippen LogP contribution is 2.35. The zero-order valence-corrected chi connectivity index (χ0v) is 18.1. The Kier molecular flexibility index (Phi) is 7.95. The molecule has 0 aliphatic carbocycles. The van der Waals surface area contributed by atoms with Crippen molar-refractivity contribution in [1.29, 1.82) is 0 Å². The average molecular weight is 446 g/mol. The normalized spacial score (nSPS) is 20.7. The lowest BCUT2D eigenvalue weighted by molar-refractivity contribution is 0.0568. The quantitative estimate of drug-likeness (QED) is 0.779. The van der Waals surface area contributed by atoms with Crippen LogP contribution in [0.3, 0.4) is 0 Å². The molecule has 6 nitrogen and oxygen atoms in total. The summed E-state index contributed by atoms with van der Waals surface area (Å²) in [4.78, 5) is 19.4. The Morgan fingerprint density at radius 2 is 2.04 bits per heavy atom. The molecule has 1 amide bonds. The molecule has 2 atom stereocenters. The molecule has 28 heavy (non-hydrogen) atoms. The summed E-state index contributed by atoms with van der Waals surface area (Å²) in [6.45, 7) is 4.58. The van der Waals surface area contributed by atoms with E-state index in [2.05, 4.69) is 11.9 Å². The number of halogens is 2. The van der Waals surface area contributed by atoms with Crippen LogP contribution in [-0.2, 0) is 0 Å². The summed E-state index contributed by atoms with van der Waals surface area (Å²) in [5.41, 5.74) is 7.32. The Hall–Kier alpha value is -1.54. The van der Waals surface area contributed by atoms with E-state index in [4.69, 9.17) is 15.2 Å². The molecule has 2 aliphatic rings. The summed E-state index contributed by atoms with van der Waals surface area (Å²) in [6.07, 6.45) is 1.97. The molecule has 1 saturated heterocycles. The van der Waals surface area contributed by atoms with Gasteiger partial charge in [-0.1, -0.05) is 6.92 Å². The molecule has 4 rings (SSSR count). The Labute approximate surface area is 181 Å². The summed E-state index contributed by atoms with van der Waals surface area (Å²) in [7, 11) is 0. The molecular weight excluding hydrogens is 421 g/mol. The molecule has 2 N–H and O–H groups in total. The third-order valence-corrected chi connectivity index (χ3v) is 5.91. The number of likely N-dealkylation sites (tertiary alicyclic amines) is 1. The second-order valence-electron chi connectivity index (χ2n) is 6.91. The first-order valence-electron chi connectivity index (χ1n) is 9.02. The second-order valence-corrected chi connectivity index (χ2v) is 7.77. The minimum absolute atomic E-state index is 0. The summed E-state index contributed by atoms with van der Waals surface area (Å²) in [5.74, 6) is 2.06. The van der Waals surface area contributed by atoms with Crippen LogP contribution in [-0.4, -0.2) is 48.1 Å². The number of rotatable bonds is 3. The van der Waals surface area contributed by atoms with Crippen LogP contribution >= 0.6 is 36.2 Å². The minimum atomic E-state index is -0.0209. The van der Waals surface area contributed by atoms with E-state index >= 15 is 0 Å². The predicted molar refractivity (Wildman–Crippen MR) is 115 cm³/mol. The zero-order chi connectivity index (χ0) is 18.1. The molecule has 2 aromatic rings. The van der Waals surface area contributed by atoms with Crippen LogP contribution in [0.25, 0.3) is 10.6 Å². The third kappa shape index (κ3) is 4.54. The molecule has 3 heterocycles. The molecule has 1 fully saturated rings. The lowest BCUT2D eigenvalue weighted by atomic mass is 9.92. The van der Waals surface area contributed by atoms with Crippen molar-refractivity contribution in [2.45, 2.75) is 25.8 Å². The minimum Gasteiger partial charge on any atom is -0.486 e. The summed E-state index contributed by atoms with van der Waals surface area (Å²) < 4.78 is 11.2. The van der Waals surface area contributed by atoms with Gasteiger partial charge >= 0.3 is 0 Å². The van der Waals surface area contributed by atoms with Gasteiger partial charge in [0, 0.05) is 30.1 Å². The van der Waals surface area contributed by atoms with Crippen molar-refractivity contribution in [3.05, 3.63) is 29.3 Å². The molecule has 2 aliphatic heterocycles. The fourth-order valence-corrected chi connectivity index (χ4v) is 4.36. The molecule has 1 aromatic heterocycles. The number of nitrogens with zero attached hydrogens (tertiary/aromatic N) is 2. The maximum absolute atomic E-state index is 12.9. The van der Waals surface area contributed by atoms with Crippen molar-refractivity contribution < 1.29 is 14.3 Å². The lowest BCUT2D eigenvalue weighted by Gasteiger charge is -2.37. The fraction of sp³-hybridized carbons (Fsp3) is 0.474. The van der Waals surface area contributed by atoms with Gasteiger partial charge in [-0.05, 0) is 37.0 Å². The van der Waals surface area contributed by atoms with Crippen LogP contribution in [0.1, 0.15) is 30.3 Å². The molecule has 2 unspecified atom stereocenters. The van der Waals surface area contributed by atoms with Crippen LogP contribution in [0.4, 0.5) is 0 Å². The average Bonchev–Trinajstić information content (AvgIpc) is 3.17. The molecule has 9 heteroatoms. The van der Waals surface area contributed by atoms with Crippen molar-refractivity contribution >= 4 is 42.1 Å². The van der Waals surface area contributed by atoms with Crippen molar-refractivity contribution in [3.63, 3.8) is 0 Å². The first kappa shape index (κ1) is 22.7. The van der Waals surface area contributed by atoms with Gasteiger partial charge in [0.1, 0.15) is 23.9 Å². The molecule has 1 aromatic carbocycles. The summed E-state index contributed by atoms with van der Waals surface area (Å²) >= 11 is 1.47. The number of carbonyl (C=O) groups is 1. The van der Waals surface area contributed by atoms with Crippen LogP contribution < -0.4 is 15.2 Å². The van der Waals surface area contributed by atoms with Crippen LogP contribution in [0.15, 0.2) is 23.6 Å². The van der Waals surface area contributed by atoms with Crippen molar-refractivity contribution in [1.82, 2.24) is 9.88 Å². The molecule has 0 bridgehead atoms. The molecule has 0 radical (unpaired) electrons. The highest BCUT2D eigenvalue weighted by molar-refractivity contribution is 7.13. The van der Waals surface area contributed by atoms with Gasteiger partial charge in [-0.3, -0.25) is 4.79 Å². The predicted octanol–water partition coefficient (Wildman–Crippen LogP) is 3.62. The highest BCUT2D eigenvalue weighted by atomic mass is 35.5. The summed E-state index contributed by atoms with van der Waals surface area (Å²) in [5, 5.41) is 2.64. The number of carbonyl (C=O) groups excluding carboxylic acids is 1. The van der Waals surface area contributed by atoms with Crippen molar-refractivity contribution in [2.75, 3.05) is 26.3 Å². The Balaban J connectivity index is 0.00000140. The SMILES string of the molecule is CC1CCN(C(=O)c2csc(-c3ccc4c(c3)OCCO4)n2)C(CN)C1.Cl.Cl. The third-order valence-electron chi connectivity index (χ3n) is 5.02. The number of fused-ring (bicyclic) bond motifs is 1. The van der Waals surface area contributed by atoms with E-state index in [9.17, 15) is 4.79 Å². The smallest absolute Gasteiger partial charge is 0.273 e. The molecule has 0 saturated carbocycles. The fourth-order valence-electron chi connectivity index (χ4n) is 3.57. The van der Waals surface area contributed by atoms with Gasteiger partial charge in [0.15, 0.2) is 11.5 Å². The van der Waals surface area contributed by atoms with Gasteiger partial charge in [0.05, 0.1) is 0 Å². The van der Waals surface area contributed by atoms with Crippen LogP contribution in [0, 0.1) is 5.92 Å². The molecule has 154 valence electrons. The van der Waals surface area contributed by atoms with Gasteiger partial charge in [0.25, 0.3) is 5.91 Å². The van der Waals surface area contributed by atoms with Gasteiger partial charge < -0.3 is 20.1 Å². The van der Waals surface area contributed by atoms with Gasteiger partial charge in [0.2, 0.25) is 0 Å².